The van der Waals surface area contributed by atoms with E-state index in [0.29, 0.717) is 12.8 Å². The van der Waals surface area contributed by atoms with Gasteiger partial charge >= 0.3 is 0 Å². The summed E-state index contributed by atoms with van der Waals surface area (Å²) in [6.45, 7) is 5.92. The van der Waals surface area contributed by atoms with Crippen molar-refractivity contribution in [2.75, 3.05) is 6.54 Å². The maximum Gasteiger partial charge on any atom is 0.232 e. The standard InChI is InChI=1S/C11H19NO4/c1-9(2)4-10(3)6-11(5-9,7-12(14)15)16-8(10)13/h8,13H,4-7H2,1-3H3/t8?,10-,11+/m0/s1. The zero-order valence-corrected chi connectivity index (χ0v) is 10.0. The number of nitro groups is 1. The lowest BCUT2D eigenvalue weighted by Gasteiger charge is -2.42. The molecule has 0 aromatic carbocycles. The second-order valence-corrected chi connectivity index (χ2v) is 6.49. The largest absolute Gasteiger partial charge is 0.367 e. The minimum atomic E-state index is -0.866. The van der Waals surface area contributed by atoms with Gasteiger partial charge in [0.15, 0.2) is 6.29 Å². The van der Waals surface area contributed by atoms with Crippen molar-refractivity contribution in [3.05, 3.63) is 10.1 Å². The molecule has 0 aromatic rings. The molecule has 1 N–H and O–H groups in total. The summed E-state index contributed by atoms with van der Waals surface area (Å²) >= 11 is 0. The molecule has 1 heterocycles. The Balaban J connectivity index is 2.30. The Labute approximate surface area is 94.9 Å². The van der Waals surface area contributed by atoms with Gasteiger partial charge in [0.25, 0.3) is 0 Å². The highest BCUT2D eigenvalue weighted by molar-refractivity contribution is 5.06. The fourth-order valence-corrected chi connectivity index (χ4v) is 3.91. The molecule has 0 aromatic heterocycles. The highest BCUT2D eigenvalue weighted by Crippen LogP contribution is 2.58. The summed E-state index contributed by atoms with van der Waals surface area (Å²) in [6.07, 6.45) is 1.22. The number of hydrogen-bond acceptors (Lipinski definition) is 4. The average Bonchev–Trinajstić information content (AvgIpc) is 2.12. The van der Waals surface area contributed by atoms with Crippen LogP contribution in [0.25, 0.3) is 0 Å². The van der Waals surface area contributed by atoms with E-state index in [-0.39, 0.29) is 22.3 Å². The quantitative estimate of drug-likeness (QED) is 0.576. The molecule has 2 rings (SSSR count). The van der Waals surface area contributed by atoms with E-state index in [2.05, 4.69) is 13.8 Å². The molecule has 1 saturated carbocycles. The van der Waals surface area contributed by atoms with Crippen LogP contribution in [-0.4, -0.2) is 28.5 Å². The van der Waals surface area contributed by atoms with Crippen molar-refractivity contribution in [1.82, 2.24) is 0 Å². The molecule has 0 spiro atoms. The second-order valence-electron chi connectivity index (χ2n) is 6.49. The van der Waals surface area contributed by atoms with Crippen LogP contribution >= 0.6 is 0 Å². The molecule has 3 atom stereocenters. The van der Waals surface area contributed by atoms with Gasteiger partial charge in [-0.3, -0.25) is 10.1 Å². The summed E-state index contributed by atoms with van der Waals surface area (Å²) in [6, 6.07) is 0. The summed E-state index contributed by atoms with van der Waals surface area (Å²) in [7, 11) is 0. The molecule has 5 heteroatoms. The Kier molecular flexibility index (Phi) is 2.34. The minimum Gasteiger partial charge on any atom is -0.367 e. The van der Waals surface area contributed by atoms with Crippen LogP contribution in [0.5, 0.6) is 0 Å². The van der Waals surface area contributed by atoms with E-state index in [9.17, 15) is 15.2 Å². The molecule has 1 aliphatic carbocycles. The molecule has 5 nitrogen and oxygen atoms in total. The molecular weight excluding hydrogens is 210 g/mol. The predicted molar refractivity (Wildman–Crippen MR) is 57.4 cm³/mol. The van der Waals surface area contributed by atoms with E-state index in [1.165, 1.54) is 0 Å². The molecule has 2 bridgehead atoms. The normalized spacial score (nSPS) is 45.6. The maximum absolute atomic E-state index is 10.7. The third-order valence-electron chi connectivity index (χ3n) is 3.78. The number of fused-ring (bicyclic) bond motifs is 2. The summed E-state index contributed by atoms with van der Waals surface area (Å²) in [5, 5.41) is 20.6. The highest BCUT2D eigenvalue weighted by Gasteiger charge is 2.62. The maximum atomic E-state index is 10.7. The average molecular weight is 229 g/mol. The third kappa shape index (κ3) is 1.82. The van der Waals surface area contributed by atoms with E-state index in [4.69, 9.17) is 4.74 Å². The van der Waals surface area contributed by atoms with Crippen molar-refractivity contribution >= 4 is 0 Å². The lowest BCUT2D eigenvalue weighted by Crippen LogP contribution is -2.45. The van der Waals surface area contributed by atoms with Crippen LogP contribution in [0.2, 0.25) is 0 Å². The van der Waals surface area contributed by atoms with Gasteiger partial charge in [0.1, 0.15) is 5.60 Å². The van der Waals surface area contributed by atoms with Gasteiger partial charge in [0, 0.05) is 10.3 Å². The smallest absolute Gasteiger partial charge is 0.232 e. The predicted octanol–water partition coefficient (Wildman–Crippen LogP) is 1.57. The van der Waals surface area contributed by atoms with Gasteiger partial charge in [0.2, 0.25) is 6.54 Å². The fourth-order valence-electron chi connectivity index (χ4n) is 3.91. The Morgan fingerprint density at radius 3 is 2.56 bits per heavy atom. The first-order valence-corrected chi connectivity index (χ1v) is 5.64. The van der Waals surface area contributed by atoms with Gasteiger partial charge in [-0.25, -0.2) is 0 Å². The summed E-state index contributed by atoms with van der Waals surface area (Å²) in [5.41, 5.74) is -1.11. The Bertz CT molecular complexity index is 326. The zero-order chi connectivity index (χ0) is 12.2. The summed E-state index contributed by atoms with van der Waals surface area (Å²) in [5.74, 6) is 0. The molecule has 2 fully saturated rings. The van der Waals surface area contributed by atoms with E-state index in [1.807, 2.05) is 6.92 Å². The van der Waals surface area contributed by atoms with E-state index in [0.717, 1.165) is 6.42 Å². The van der Waals surface area contributed by atoms with Crippen molar-refractivity contribution in [1.29, 1.82) is 0 Å². The van der Waals surface area contributed by atoms with E-state index >= 15 is 0 Å². The second kappa shape index (κ2) is 3.17. The first-order chi connectivity index (χ1) is 7.17. The number of rotatable bonds is 2. The van der Waals surface area contributed by atoms with Gasteiger partial charge in [-0.15, -0.1) is 0 Å². The van der Waals surface area contributed by atoms with Crippen molar-refractivity contribution in [3.8, 4) is 0 Å². The summed E-state index contributed by atoms with van der Waals surface area (Å²) in [4.78, 5) is 10.4. The van der Waals surface area contributed by atoms with Crippen molar-refractivity contribution in [3.63, 3.8) is 0 Å². The van der Waals surface area contributed by atoms with E-state index in [1.54, 1.807) is 0 Å². The third-order valence-corrected chi connectivity index (χ3v) is 3.78. The molecule has 1 unspecified atom stereocenters. The molecule has 2 aliphatic rings. The fraction of sp³-hybridized carbons (Fsp3) is 1.00. The molecule has 0 radical (unpaired) electrons. The van der Waals surface area contributed by atoms with Crippen LogP contribution in [0.15, 0.2) is 0 Å². The Hall–Kier alpha value is -0.680. The van der Waals surface area contributed by atoms with Gasteiger partial charge in [0.05, 0.1) is 0 Å². The SMILES string of the molecule is CC1(C)C[C@]2(C[N+](=O)[O-])C[C@](C)(C1)C(O)O2. The molecular formula is C11H19NO4. The lowest BCUT2D eigenvalue weighted by molar-refractivity contribution is -0.504. The highest BCUT2D eigenvalue weighted by atomic mass is 16.7. The first-order valence-electron chi connectivity index (χ1n) is 5.64. The molecule has 16 heavy (non-hydrogen) atoms. The number of aliphatic hydroxyl groups excluding tert-OH is 1. The lowest BCUT2D eigenvalue weighted by atomic mass is 9.60. The van der Waals surface area contributed by atoms with Gasteiger partial charge < -0.3 is 9.84 Å². The monoisotopic (exact) mass is 229 g/mol. The summed E-state index contributed by atoms with van der Waals surface area (Å²) < 4.78 is 5.54. The van der Waals surface area contributed by atoms with Crippen LogP contribution < -0.4 is 0 Å². The van der Waals surface area contributed by atoms with Crippen LogP contribution in [-0.2, 0) is 4.74 Å². The topological polar surface area (TPSA) is 72.6 Å². The van der Waals surface area contributed by atoms with Gasteiger partial charge in [-0.1, -0.05) is 20.8 Å². The van der Waals surface area contributed by atoms with E-state index < -0.39 is 11.9 Å². The van der Waals surface area contributed by atoms with Gasteiger partial charge in [-0.2, -0.15) is 0 Å². The number of hydrogen-bond donors (Lipinski definition) is 1. The van der Waals surface area contributed by atoms with Crippen molar-refractivity contribution < 1.29 is 14.8 Å². The van der Waals surface area contributed by atoms with Gasteiger partial charge in [-0.05, 0) is 24.7 Å². The van der Waals surface area contributed by atoms with Crippen molar-refractivity contribution in [2.45, 2.75) is 51.9 Å². The van der Waals surface area contributed by atoms with Crippen molar-refractivity contribution in [2.24, 2.45) is 10.8 Å². The van der Waals surface area contributed by atoms with Crippen LogP contribution in [0, 0.1) is 20.9 Å². The molecule has 92 valence electrons. The number of aliphatic hydroxyl groups is 1. The van der Waals surface area contributed by atoms with Crippen LogP contribution in [0.4, 0.5) is 0 Å². The first kappa shape index (κ1) is 11.8. The Morgan fingerprint density at radius 2 is 2.00 bits per heavy atom. The number of nitrogens with zero attached hydrogens (tertiary/aromatic N) is 1. The zero-order valence-electron chi connectivity index (χ0n) is 10.0. The number of ether oxygens (including phenoxy) is 1. The molecule has 1 aliphatic heterocycles. The Morgan fingerprint density at radius 1 is 1.38 bits per heavy atom. The molecule has 1 saturated heterocycles. The molecule has 0 amide bonds. The van der Waals surface area contributed by atoms with Crippen LogP contribution in [0.3, 0.4) is 0 Å². The van der Waals surface area contributed by atoms with Crippen LogP contribution in [0.1, 0.15) is 40.0 Å². The minimum absolute atomic E-state index is 0.0134.